The van der Waals surface area contributed by atoms with Crippen molar-refractivity contribution in [2.75, 3.05) is 6.61 Å². The van der Waals surface area contributed by atoms with Crippen LogP contribution in [0.15, 0.2) is 60.7 Å². The highest BCUT2D eigenvalue weighted by atomic mass is 16.5. The highest BCUT2D eigenvalue weighted by Crippen LogP contribution is 2.37. The van der Waals surface area contributed by atoms with Crippen LogP contribution in [0.25, 0.3) is 0 Å². The number of ether oxygens (including phenoxy) is 1. The van der Waals surface area contributed by atoms with Gasteiger partial charge in [0, 0.05) is 0 Å². The summed E-state index contributed by atoms with van der Waals surface area (Å²) in [6.45, 7) is 3.75. The van der Waals surface area contributed by atoms with E-state index in [1.54, 1.807) is 13.8 Å². The van der Waals surface area contributed by atoms with Gasteiger partial charge in [0.05, 0.1) is 12.5 Å². The number of hydrogen-bond acceptors (Lipinski definition) is 3. The minimum Gasteiger partial charge on any atom is -0.466 e. The molecule has 2 rings (SSSR count). The molecule has 0 fully saturated rings. The first kappa shape index (κ1) is 15.3. The Bertz CT molecular complexity index is 538. The third-order valence-corrected chi connectivity index (χ3v) is 3.69. The Kier molecular flexibility index (Phi) is 4.76. The van der Waals surface area contributed by atoms with E-state index in [1.807, 2.05) is 60.7 Å². The van der Waals surface area contributed by atoms with E-state index in [0.717, 1.165) is 0 Å². The smallest absolute Gasteiger partial charge is 0.312 e. The zero-order valence-corrected chi connectivity index (χ0v) is 12.3. The second-order valence-electron chi connectivity index (χ2n) is 4.97. The molecule has 0 aromatic heterocycles. The van der Waals surface area contributed by atoms with E-state index in [1.165, 1.54) is 0 Å². The van der Waals surface area contributed by atoms with Gasteiger partial charge in [-0.25, -0.2) is 0 Å². The third kappa shape index (κ3) is 2.98. The van der Waals surface area contributed by atoms with Gasteiger partial charge in [0.15, 0.2) is 0 Å². The molecule has 0 amide bonds. The van der Waals surface area contributed by atoms with Gasteiger partial charge < -0.3 is 9.84 Å². The van der Waals surface area contributed by atoms with Crippen LogP contribution in [0.2, 0.25) is 0 Å². The molecule has 0 aliphatic rings. The SMILES string of the molecule is CCOC(=O)[C@@H](C)C(O)(c1ccccc1)c1ccccc1. The summed E-state index contributed by atoms with van der Waals surface area (Å²) in [4.78, 5) is 12.2. The summed E-state index contributed by atoms with van der Waals surface area (Å²) < 4.78 is 5.09. The third-order valence-electron chi connectivity index (χ3n) is 3.69. The van der Waals surface area contributed by atoms with Gasteiger partial charge in [0.1, 0.15) is 5.60 Å². The van der Waals surface area contributed by atoms with E-state index < -0.39 is 17.5 Å². The Morgan fingerprint density at radius 3 is 1.86 bits per heavy atom. The standard InChI is InChI=1S/C18H20O3/c1-3-21-17(19)14(2)18(20,15-10-6-4-7-11-15)16-12-8-5-9-13-16/h4-14,20H,3H2,1-2H3/t14-/m1/s1. The number of hydrogen-bond donors (Lipinski definition) is 1. The number of aliphatic hydroxyl groups is 1. The molecule has 21 heavy (non-hydrogen) atoms. The molecule has 2 aromatic carbocycles. The van der Waals surface area contributed by atoms with Crippen molar-refractivity contribution in [1.29, 1.82) is 0 Å². The first-order valence-corrected chi connectivity index (χ1v) is 7.10. The Morgan fingerprint density at radius 1 is 1.05 bits per heavy atom. The van der Waals surface area contributed by atoms with Crippen LogP contribution >= 0.6 is 0 Å². The summed E-state index contributed by atoms with van der Waals surface area (Å²) >= 11 is 0. The monoisotopic (exact) mass is 284 g/mol. The summed E-state index contributed by atoms with van der Waals surface area (Å²) in [5.74, 6) is -1.12. The van der Waals surface area contributed by atoms with Crippen molar-refractivity contribution in [3.05, 3.63) is 71.8 Å². The lowest BCUT2D eigenvalue weighted by molar-refractivity contribution is -0.155. The largest absolute Gasteiger partial charge is 0.466 e. The fourth-order valence-corrected chi connectivity index (χ4v) is 2.49. The average molecular weight is 284 g/mol. The molecule has 0 aliphatic heterocycles. The maximum absolute atomic E-state index is 12.2. The molecule has 3 heteroatoms. The average Bonchev–Trinajstić information content (AvgIpc) is 2.55. The second-order valence-corrected chi connectivity index (χ2v) is 4.97. The number of esters is 1. The van der Waals surface area contributed by atoms with Gasteiger partial charge in [-0.15, -0.1) is 0 Å². The van der Waals surface area contributed by atoms with Crippen molar-refractivity contribution in [3.63, 3.8) is 0 Å². The van der Waals surface area contributed by atoms with Crippen molar-refractivity contribution in [1.82, 2.24) is 0 Å². The summed E-state index contributed by atoms with van der Waals surface area (Å²) in [6, 6.07) is 18.4. The zero-order valence-electron chi connectivity index (χ0n) is 12.3. The van der Waals surface area contributed by atoms with Crippen LogP contribution in [0.5, 0.6) is 0 Å². The molecule has 0 saturated heterocycles. The van der Waals surface area contributed by atoms with E-state index in [9.17, 15) is 9.90 Å². The molecule has 0 radical (unpaired) electrons. The van der Waals surface area contributed by atoms with Crippen molar-refractivity contribution in [3.8, 4) is 0 Å². The Hall–Kier alpha value is -2.13. The molecule has 3 nitrogen and oxygen atoms in total. The van der Waals surface area contributed by atoms with E-state index >= 15 is 0 Å². The maximum atomic E-state index is 12.2. The van der Waals surface area contributed by atoms with Crippen molar-refractivity contribution < 1.29 is 14.6 Å². The van der Waals surface area contributed by atoms with Gasteiger partial charge in [0.25, 0.3) is 0 Å². The highest BCUT2D eigenvalue weighted by molar-refractivity contribution is 5.75. The molecule has 0 spiro atoms. The van der Waals surface area contributed by atoms with Crippen LogP contribution in [0.1, 0.15) is 25.0 Å². The quantitative estimate of drug-likeness (QED) is 0.858. The number of carbonyl (C=O) groups is 1. The molecule has 0 unspecified atom stereocenters. The van der Waals surface area contributed by atoms with Crippen molar-refractivity contribution in [2.24, 2.45) is 5.92 Å². The molecule has 0 saturated carbocycles. The first-order valence-electron chi connectivity index (χ1n) is 7.10. The predicted octanol–water partition coefficient (Wildman–Crippen LogP) is 3.12. The molecule has 2 aromatic rings. The number of rotatable bonds is 5. The number of carbonyl (C=O) groups excluding carboxylic acids is 1. The topological polar surface area (TPSA) is 46.5 Å². The van der Waals surface area contributed by atoms with E-state index in [0.29, 0.717) is 17.7 Å². The van der Waals surface area contributed by atoms with Crippen LogP contribution in [0, 0.1) is 5.92 Å². The van der Waals surface area contributed by atoms with Gasteiger partial charge in [-0.3, -0.25) is 4.79 Å². The number of benzene rings is 2. The molecule has 110 valence electrons. The molecular weight excluding hydrogens is 264 g/mol. The van der Waals surface area contributed by atoms with Crippen LogP contribution < -0.4 is 0 Å². The minimum atomic E-state index is -1.41. The van der Waals surface area contributed by atoms with E-state index in [-0.39, 0.29) is 0 Å². The van der Waals surface area contributed by atoms with Crippen molar-refractivity contribution >= 4 is 5.97 Å². The summed E-state index contributed by atoms with van der Waals surface area (Å²) in [6.07, 6.45) is 0. The van der Waals surface area contributed by atoms with Crippen molar-refractivity contribution in [2.45, 2.75) is 19.4 Å². The molecule has 1 N–H and O–H groups in total. The van der Waals surface area contributed by atoms with Gasteiger partial charge in [-0.2, -0.15) is 0 Å². The van der Waals surface area contributed by atoms with Crippen LogP contribution in [-0.2, 0) is 15.1 Å². The zero-order chi connectivity index (χ0) is 15.3. The van der Waals surface area contributed by atoms with Crippen LogP contribution in [0.3, 0.4) is 0 Å². The minimum absolute atomic E-state index is 0.294. The van der Waals surface area contributed by atoms with Gasteiger partial charge in [-0.1, -0.05) is 60.7 Å². The molecular formula is C18H20O3. The fourth-order valence-electron chi connectivity index (χ4n) is 2.49. The Labute approximate surface area is 125 Å². The first-order chi connectivity index (χ1) is 10.1. The van der Waals surface area contributed by atoms with Gasteiger partial charge >= 0.3 is 5.97 Å². The summed E-state index contributed by atoms with van der Waals surface area (Å²) in [5.41, 5.74) is -0.0529. The predicted molar refractivity (Wildman–Crippen MR) is 81.7 cm³/mol. The Balaban J connectivity index is 2.52. The van der Waals surface area contributed by atoms with E-state index in [2.05, 4.69) is 0 Å². The normalized spacial score (nSPS) is 12.7. The van der Waals surface area contributed by atoms with E-state index in [4.69, 9.17) is 4.74 Å². The molecule has 1 atom stereocenters. The van der Waals surface area contributed by atoms with Gasteiger partial charge in [-0.05, 0) is 25.0 Å². The lowest BCUT2D eigenvalue weighted by Gasteiger charge is -2.33. The molecule has 0 aliphatic carbocycles. The lowest BCUT2D eigenvalue weighted by Crippen LogP contribution is -2.40. The summed E-state index contributed by atoms with van der Waals surface area (Å²) in [5, 5.41) is 11.3. The van der Waals surface area contributed by atoms with Crippen LogP contribution in [0.4, 0.5) is 0 Å². The van der Waals surface area contributed by atoms with Gasteiger partial charge in [0.2, 0.25) is 0 Å². The van der Waals surface area contributed by atoms with Crippen LogP contribution in [-0.4, -0.2) is 17.7 Å². The second kappa shape index (κ2) is 6.55. The fraction of sp³-hybridized carbons (Fsp3) is 0.278. The molecule has 0 bridgehead atoms. The summed E-state index contributed by atoms with van der Waals surface area (Å²) in [7, 11) is 0. The maximum Gasteiger partial charge on any atom is 0.312 e. The molecule has 0 heterocycles. The Morgan fingerprint density at radius 2 is 1.48 bits per heavy atom. The lowest BCUT2D eigenvalue weighted by atomic mass is 9.77. The highest BCUT2D eigenvalue weighted by Gasteiger charge is 2.42.